The van der Waals surface area contributed by atoms with Gasteiger partial charge in [-0.15, -0.1) is 0 Å². The summed E-state index contributed by atoms with van der Waals surface area (Å²) in [5, 5.41) is 6.01. The van der Waals surface area contributed by atoms with Crippen molar-refractivity contribution in [1.29, 1.82) is 0 Å². The van der Waals surface area contributed by atoms with Crippen LogP contribution in [0.2, 0.25) is 0 Å². The van der Waals surface area contributed by atoms with Crippen molar-refractivity contribution in [3.63, 3.8) is 0 Å². The van der Waals surface area contributed by atoms with Crippen molar-refractivity contribution in [2.45, 2.75) is 45.2 Å². The molecule has 2 bridgehead atoms. The van der Waals surface area contributed by atoms with Crippen molar-refractivity contribution in [1.82, 2.24) is 15.6 Å². The smallest absolute Gasteiger partial charge is 0.315 e. The number of rotatable bonds is 4. The van der Waals surface area contributed by atoms with Crippen molar-refractivity contribution in [2.24, 2.45) is 17.8 Å². The zero-order valence-corrected chi connectivity index (χ0v) is 12.0. The first-order chi connectivity index (χ1) is 9.72. The molecule has 2 N–H and O–H groups in total. The van der Waals surface area contributed by atoms with Gasteiger partial charge in [-0.3, -0.25) is 4.98 Å². The number of carbonyl (C=O) groups excluding carboxylic acids is 1. The van der Waals surface area contributed by atoms with Crippen LogP contribution in [0, 0.1) is 17.8 Å². The molecule has 1 aromatic heterocycles. The van der Waals surface area contributed by atoms with Crippen molar-refractivity contribution in [2.75, 3.05) is 0 Å². The first kappa shape index (κ1) is 13.4. The first-order valence-corrected chi connectivity index (χ1v) is 7.65. The van der Waals surface area contributed by atoms with Crippen LogP contribution in [-0.2, 0) is 6.54 Å². The van der Waals surface area contributed by atoms with Crippen LogP contribution in [-0.4, -0.2) is 17.1 Å². The summed E-state index contributed by atoms with van der Waals surface area (Å²) in [6.45, 7) is 2.68. The highest BCUT2D eigenvalue weighted by molar-refractivity contribution is 5.74. The molecule has 2 saturated carbocycles. The lowest BCUT2D eigenvalue weighted by atomic mass is 9.84. The molecular formula is C16H23N3O. The van der Waals surface area contributed by atoms with E-state index in [1.165, 1.54) is 25.7 Å². The van der Waals surface area contributed by atoms with Gasteiger partial charge in [0.2, 0.25) is 0 Å². The minimum absolute atomic E-state index is 0.0656. The van der Waals surface area contributed by atoms with Gasteiger partial charge in [0, 0.05) is 25.0 Å². The molecule has 2 fully saturated rings. The number of carbonyl (C=O) groups is 1. The zero-order chi connectivity index (χ0) is 13.9. The summed E-state index contributed by atoms with van der Waals surface area (Å²) in [6, 6.07) is 4.06. The second-order valence-corrected chi connectivity index (χ2v) is 6.32. The van der Waals surface area contributed by atoms with Crippen molar-refractivity contribution >= 4 is 6.03 Å². The van der Waals surface area contributed by atoms with Crippen LogP contribution in [0.25, 0.3) is 0 Å². The van der Waals surface area contributed by atoms with E-state index in [1.807, 2.05) is 12.1 Å². The van der Waals surface area contributed by atoms with E-state index >= 15 is 0 Å². The second-order valence-electron chi connectivity index (χ2n) is 6.32. The Balaban J connectivity index is 1.44. The first-order valence-electron chi connectivity index (χ1n) is 7.65. The third-order valence-electron chi connectivity index (χ3n) is 4.97. The normalized spacial score (nSPS) is 29.1. The Morgan fingerprint density at radius 3 is 3.00 bits per heavy atom. The Bertz CT molecular complexity index is 462. The van der Waals surface area contributed by atoms with E-state index in [0.717, 1.165) is 17.4 Å². The molecule has 4 atom stereocenters. The van der Waals surface area contributed by atoms with Gasteiger partial charge in [-0.1, -0.05) is 12.5 Å². The van der Waals surface area contributed by atoms with Crippen LogP contribution in [0.15, 0.2) is 24.5 Å². The monoisotopic (exact) mass is 273 g/mol. The fourth-order valence-electron chi connectivity index (χ4n) is 3.96. The quantitative estimate of drug-likeness (QED) is 0.886. The molecule has 0 saturated heterocycles. The molecule has 2 amide bonds. The molecule has 0 aromatic carbocycles. The van der Waals surface area contributed by atoms with Gasteiger partial charge in [-0.25, -0.2) is 4.79 Å². The highest BCUT2D eigenvalue weighted by Crippen LogP contribution is 2.49. The number of hydrogen-bond acceptors (Lipinski definition) is 2. The van der Waals surface area contributed by atoms with E-state index in [9.17, 15) is 4.79 Å². The maximum absolute atomic E-state index is 11.9. The summed E-state index contributed by atoms with van der Waals surface area (Å²) in [4.78, 5) is 16.0. The van der Waals surface area contributed by atoms with Crippen molar-refractivity contribution in [3.05, 3.63) is 30.1 Å². The zero-order valence-electron chi connectivity index (χ0n) is 12.0. The predicted octanol–water partition coefficient (Wildman–Crippen LogP) is 2.71. The lowest BCUT2D eigenvalue weighted by Crippen LogP contribution is -2.45. The number of amides is 2. The Kier molecular flexibility index (Phi) is 3.90. The number of urea groups is 1. The fraction of sp³-hybridized carbons (Fsp3) is 0.625. The average Bonchev–Trinajstić information content (AvgIpc) is 3.09. The average molecular weight is 273 g/mol. The van der Waals surface area contributed by atoms with Crippen LogP contribution in [0.5, 0.6) is 0 Å². The summed E-state index contributed by atoms with van der Waals surface area (Å²) in [5.41, 5.74) is 1.02. The summed E-state index contributed by atoms with van der Waals surface area (Å²) < 4.78 is 0. The number of nitrogens with one attached hydrogen (secondary N) is 2. The number of fused-ring (bicyclic) bond motifs is 2. The molecule has 4 nitrogen and oxygen atoms in total. The van der Waals surface area contributed by atoms with Crippen LogP contribution in [0.4, 0.5) is 4.79 Å². The minimum Gasteiger partial charge on any atom is -0.335 e. The Morgan fingerprint density at radius 2 is 2.35 bits per heavy atom. The topological polar surface area (TPSA) is 54.0 Å². The van der Waals surface area contributed by atoms with Crippen LogP contribution >= 0.6 is 0 Å². The van der Waals surface area contributed by atoms with Crippen LogP contribution < -0.4 is 10.6 Å². The highest BCUT2D eigenvalue weighted by atomic mass is 16.2. The highest BCUT2D eigenvalue weighted by Gasteiger charge is 2.42. The molecule has 1 heterocycles. The second kappa shape index (κ2) is 5.81. The van der Waals surface area contributed by atoms with E-state index in [2.05, 4.69) is 22.5 Å². The Labute approximate surface area is 120 Å². The summed E-state index contributed by atoms with van der Waals surface area (Å²) in [6.07, 6.45) is 8.96. The molecule has 0 radical (unpaired) electrons. The van der Waals surface area contributed by atoms with E-state index in [4.69, 9.17) is 0 Å². The number of hydrogen-bond donors (Lipinski definition) is 2. The lowest BCUT2D eigenvalue weighted by Gasteiger charge is -2.28. The van der Waals surface area contributed by atoms with E-state index in [1.54, 1.807) is 12.4 Å². The molecule has 1 aromatic rings. The van der Waals surface area contributed by atoms with Gasteiger partial charge in [0.25, 0.3) is 0 Å². The Morgan fingerprint density at radius 1 is 1.45 bits per heavy atom. The molecule has 4 unspecified atom stereocenters. The van der Waals surface area contributed by atoms with Gasteiger partial charge in [0.05, 0.1) is 0 Å². The summed E-state index contributed by atoms with van der Waals surface area (Å²) in [7, 11) is 0. The van der Waals surface area contributed by atoms with Crippen LogP contribution in [0.1, 0.15) is 38.2 Å². The maximum Gasteiger partial charge on any atom is 0.315 e. The number of nitrogens with zero attached hydrogens (tertiary/aromatic N) is 1. The largest absolute Gasteiger partial charge is 0.335 e. The fourth-order valence-corrected chi connectivity index (χ4v) is 3.96. The van der Waals surface area contributed by atoms with Crippen LogP contribution in [0.3, 0.4) is 0 Å². The molecular weight excluding hydrogens is 250 g/mol. The molecule has 0 aliphatic heterocycles. The maximum atomic E-state index is 11.9. The Hall–Kier alpha value is -1.58. The minimum atomic E-state index is -0.0656. The summed E-state index contributed by atoms with van der Waals surface area (Å²) in [5.74, 6) is 2.44. The molecule has 3 rings (SSSR count). The SMILES string of the molecule is CC(NC(=O)NCc1cccnc1)C1CC2CCC1C2. The molecule has 20 heavy (non-hydrogen) atoms. The van der Waals surface area contributed by atoms with Gasteiger partial charge >= 0.3 is 6.03 Å². The number of aromatic nitrogens is 1. The molecule has 4 heteroatoms. The van der Waals surface area contributed by atoms with Gasteiger partial charge in [0.15, 0.2) is 0 Å². The summed E-state index contributed by atoms with van der Waals surface area (Å²) >= 11 is 0. The van der Waals surface area contributed by atoms with Gasteiger partial charge in [-0.05, 0) is 55.6 Å². The van der Waals surface area contributed by atoms with E-state index in [-0.39, 0.29) is 12.1 Å². The van der Waals surface area contributed by atoms with Gasteiger partial charge in [-0.2, -0.15) is 0 Å². The van der Waals surface area contributed by atoms with E-state index in [0.29, 0.717) is 12.5 Å². The van der Waals surface area contributed by atoms with Crippen molar-refractivity contribution in [3.8, 4) is 0 Å². The molecule has 108 valence electrons. The van der Waals surface area contributed by atoms with E-state index < -0.39 is 0 Å². The third-order valence-corrected chi connectivity index (χ3v) is 4.97. The molecule has 0 spiro atoms. The molecule has 2 aliphatic rings. The standard InChI is InChI=1S/C16H23N3O/c1-11(15-8-12-4-5-14(15)7-12)19-16(20)18-10-13-3-2-6-17-9-13/h2-3,6,9,11-12,14-15H,4-5,7-8,10H2,1H3,(H2,18,19,20). The third kappa shape index (κ3) is 2.94. The lowest BCUT2D eigenvalue weighted by molar-refractivity contribution is 0.220. The molecule has 2 aliphatic carbocycles. The predicted molar refractivity (Wildman–Crippen MR) is 78.0 cm³/mol. The van der Waals surface area contributed by atoms with Gasteiger partial charge in [0.1, 0.15) is 0 Å². The van der Waals surface area contributed by atoms with Gasteiger partial charge < -0.3 is 10.6 Å². The number of pyridine rings is 1. The van der Waals surface area contributed by atoms with Crippen molar-refractivity contribution < 1.29 is 4.79 Å².